The Kier molecular flexibility index (Phi) is 1.40. The van der Waals surface area contributed by atoms with Crippen LogP contribution in [0.2, 0.25) is 0 Å². The van der Waals surface area contributed by atoms with E-state index in [1.165, 1.54) is 49.6 Å². The maximum atomic E-state index is 5.18. The highest BCUT2D eigenvalue weighted by molar-refractivity contribution is 6.15. The van der Waals surface area contributed by atoms with Crippen molar-refractivity contribution in [3.63, 3.8) is 0 Å². The lowest BCUT2D eigenvalue weighted by atomic mass is 9.69. The molecule has 3 heteroatoms. The highest BCUT2D eigenvalue weighted by Gasteiger charge is 2.77. The summed E-state index contributed by atoms with van der Waals surface area (Å²) in [7, 11) is 2.19. The smallest absolute Gasteiger partial charge is 0.278 e. The van der Waals surface area contributed by atoms with Crippen LogP contribution >= 0.6 is 0 Å². The van der Waals surface area contributed by atoms with Crippen molar-refractivity contribution >= 4 is 17.3 Å². The summed E-state index contributed by atoms with van der Waals surface area (Å²) in [6.07, 6.45) is 5.44. The van der Waals surface area contributed by atoms with E-state index in [9.17, 15) is 0 Å². The number of hydrogen-bond acceptors (Lipinski definition) is 2. The van der Waals surface area contributed by atoms with Crippen molar-refractivity contribution in [1.82, 2.24) is 4.48 Å². The average molecular weight is 240 g/mol. The normalized spacial score (nSPS) is 42.8. The molecule has 1 saturated heterocycles. The van der Waals surface area contributed by atoms with Crippen LogP contribution in [-0.2, 0) is 0 Å². The number of hydrogen-bond donors (Lipinski definition) is 0. The summed E-state index contributed by atoms with van der Waals surface area (Å²) in [5, 5.41) is 0. The molecule has 2 fully saturated rings. The van der Waals surface area contributed by atoms with Gasteiger partial charge in [-0.3, -0.25) is 4.90 Å². The fourth-order valence-electron chi connectivity index (χ4n) is 5.01. The van der Waals surface area contributed by atoms with Gasteiger partial charge in [0, 0.05) is 19.5 Å². The van der Waals surface area contributed by atoms with Crippen LogP contribution in [-0.4, -0.2) is 31.1 Å². The molecule has 4 heterocycles. The number of benzene rings is 1. The molecule has 3 atom stereocenters. The minimum absolute atomic E-state index is 0.315. The molecule has 0 N–H and O–H groups in total. The minimum atomic E-state index is 0.315. The van der Waals surface area contributed by atoms with Gasteiger partial charge in [0.05, 0.1) is 0 Å². The maximum Gasteiger partial charge on any atom is 0.311 e. The van der Waals surface area contributed by atoms with Gasteiger partial charge in [-0.1, -0.05) is 18.6 Å². The van der Waals surface area contributed by atoms with E-state index >= 15 is 0 Å². The van der Waals surface area contributed by atoms with E-state index in [0.717, 1.165) is 10.5 Å². The van der Waals surface area contributed by atoms with Crippen LogP contribution in [0, 0.1) is 0 Å². The van der Waals surface area contributed by atoms with Crippen molar-refractivity contribution in [2.75, 3.05) is 18.5 Å². The van der Waals surface area contributed by atoms with Crippen molar-refractivity contribution < 1.29 is 0 Å². The Bertz CT molecular complexity index is 593. The number of rotatable bonds is 0. The third kappa shape index (κ3) is 0.742. The number of para-hydroxylation sites is 2. The predicted molar refractivity (Wildman–Crippen MR) is 73.9 cm³/mol. The summed E-state index contributed by atoms with van der Waals surface area (Å²) in [5.41, 5.74) is 3.18. The molecule has 3 unspecified atom stereocenters. The van der Waals surface area contributed by atoms with E-state index in [0.29, 0.717) is 5.54 Å². The Hall–Kier alpha value is -1.35. The predicted octanol–water partition coefficient (Wildman–Crippen LogP) is 2.51. The lowest BCUT2D eigenvalue weighted by Crippen LogP contribution is -2.78. The Morgan fingerprint density at radius 2 is 2.22 bits per heavy atom. The quantitative estimate of drug-likeness (QED) is 0.636. The summed E-state index contributed by atoms with van der Waals surface area (Å²) in [5.74, 6) is 1.32. The number of anilines is 1. The van der Waals surface area contributed by atoms with Gasteiger partial charge in [-0.2, -0.15) is 4.99 Å². The number of fused-ring (bicyclic) bond motifs is 1. The topological polar surface area (TPSA) is 15.6 Å². The molecule has 0 aromatic heterocycles. The van der Waals surface area contributed by atoms with Crippen LogP contribution in [0.15, 0.2) is 29.3 Å². The van der Waals surface area contributed by atoms with Crippen molar-refractivity contribution in [3.8, 4) is 0 Å². The van der Waals surface area contributed by atoms with Crippen LogP contribution in [0.5, 0.6) is 0 Å². The van der Waals surface area contributed by atoms with Crippen LogP contribution in [0.25, 0.3) is 0 Å². The zero-order valence-electron chi connectivity index (χ0n) is 10.8. The standard InChI is InChI=1S/C15H18N3/c1-17-11-6-2-3-7-12(11)18-10-15(16-14(17)18)9-5-4-8-13(15)18/h2-3,6-7,13H,4-5,8-10H2,1H3/q+1. The summed E-state index contributed by atoms with van der Waals surface area (Å²) < 4.78 is 1.08. The van der Waals surface area contributed by atoms with Crippen LogP contribution in [0.3, 0.4) is 0 Å². The molecule has 1 aromatic rings. The molecule has 1 aromatic carbocycles. The first-order chi connectivity index (χ1) is 8.78. The summed E-state index contributed by atoms with van der Waals surface area (Å²) in [6.45, 7) is 1.23. The first-order valence-electron chi connectivity index (χ1n) is 7.09. The molecule has 1 aliphatic carbocycles. The molecule has 3 nitrogen and oxygen atoms in total. The Labute approximate surface area is 107 Å². The zero-order valence-corrected chi connectivity index (χ0v) is 10.8. The summed E-state index contributed by atoms with van der Waals surface area (Å²) in [6, 6.07) is 9.63. The van der Waals surface area contributed by atoms with Gasteiger partial charge in [0.15, 0.2) is 11.2 Å². The third-order valence-corrected chi connectivity index (χ3v) is 5.67. The Morgan fingerprint density at radius 3 is 3.17 bits per heavy atom. The Balaban J connectivity index is 1.77. The van der Waals surface area contributed by atoms with E-state index in [1.807, 2.05) is 0 Å². The van der Waals surface area contributed by atoms with Gasteiger partial charge in [-0.15, -0.1) is 0 Å². The molecule has 18 heavy (non-hydrogen) atoms. The summed E-state index contributed by atoms with van der Waals surface area (Å²) in [4.78, 5) is 7.52. The second-order valence-electron chi connectivity index (χ2n) is 6.35. The van der Waals surface area contributed by atoms with Crippen molar-refractivity contribution in [2.45, 2.75) is 37.3 Å². The van der Waals surface area contributed by atoms with Gasteiger partial charge in [0.2, 0.25) is 0 Å². The zero-order chi connectivity index (χ0) is 12.0. The van der Waals surface area contributed by atoms with E-state index in [1.54, 1.807) is 0 Å². The molecule has 6 rings (SSSR count). The molecule has 1 saturated carbocycles. The second-order valence-corrected chi connectivity index (χ2v) is 6.35. The molecule has 2 bridgehead atoms. The lowest BCUT2D eigenvalue weighted by Gasteiger charge is -2.54. The summed E-state index contributed by atoms with van der Waals surface area (Å²) >= 11 is 0. The van der Waals surface area contributed by atoms with E-state index < -0.39 is 0 Å². The minimum Gasteiger partial charge on any atom is -0.278 e. The van der Waals surface area contributed by atoms with Crippen LogP contribution < -0.4 is 9.38 Å². The van der Waals surface area contributed by atoms with Gasteiger partial charge >= 0.3 is 5.96 Å². The highest BCUT2D eigenvalue weighted by atomic mass is 15.7. The van der Waals surface area contributed by atoms with Gasteiger partial charge in [-0.25, -0.2) is 4.48 Å². The van der Waals surface area contributed by atoms with E-state index in [4.69, 9.17) is 4.99 Å². The van der Waals surface area contributed by atoms with Crippen LogP contribution in [0.1, 0.15) is 25.7 Å². The van der Waals surface area contributed by atoms with Crippen molar-refractivity contribution in [1.29, 1.82) is 0 Å². The number of guanidine groups is 1. The second kappa shape index (κ2) is 2.64. The molecular weight excluding hydrogens is 222 g/mol. The van der Waals surface area contributed by atoms with E-state index in [-0.39, 0.29) is 0 Å². The SMILES string of the molecule is CN1C2=NC34CCCCC3[N+]2(C4)c2ccccc21. The van der Waals surface area contributed by atoms with Gasteiger partial charge in [0.25, 0.3) is 0 Å². The molecular formula is C15H18N3+. The molecule has 5 aliphatic rings. The molecule has 4 aliphatic heterocycles. The van der Waals surface area contributed by atoms with Gasteiger partial charge in [-0.05, 0) is 18.9 Å². The first kappa shape index (κ1) is 9.56. The molecule has 2 spiro atoms. The largest absolute Gasteiger partial charge is 0.311 e. The van der Waals surface area contributed by atoms with Gasteiger partial charge < -0.3 is 0 Å². The van der Waals surface area contributed by atoms with E-state index in [2.05, 4.69) is 36.2 Å². The lowest BCUT2D eigenvalue weighted by molar-refractivity contribution is 0.0559. The Morgan fingerprint density at radius 1 is 1.33 bits per heavy atom. The van der Waals surface area contributed by atoms with Crippen molar-refractivity contribution in [3.05, 3.63) is 24.3 Å². The first-order valence-corrected chi connectivity index (χ1v) is 7.09. The average Bonchev–Trinajstić information content (AvgIpc) is 2.95. The third-order valence-electron chi connectivity index (χ3n) is 5.67. The van der Waals surface area contributed by atoms with Crippen LogP contribution in [0.4, 0.5) is 11.4 Å². The molecule has 0 radical (unpaired) electrons. The number of nitrogens with zero attached hydrogens (tertiary/aromatic N) is 3. The fraction of sp³-hybridized carbons (Fsp3) is 0.533. The molecule has 0 amide bonds. The number of quaternary nitrogens is 1. The highest BCUT2D eigenvalue weighted by Crippen LogP contribution is 2.61. The fourth-order valence-corrected chi connectivity index (χ4v) is 5.01. The number of aliphatic imine (C=N–C) groups is 1. The monoisotopic (exact) mass is 240 g/mol. The van der Waals surface area contributed by atoms with Crippen molar-refractivity contribution in [2.24, 2.45) is 4.99 Å². The maximum absolute atomic E-state index is 5.18. The molecule has 92 valence electrons. The van der Waals surface area contributed by atoms with Gasteiger partial charge in [0.1, 0.15) is 18.3 Å².